The van der Waals surface area contributed by atoms with Crippen molar-refractivity contribution in [3.63, 3.8) is 0 Å². The number of thiophene rings is 1. The van der Waals surface area contributed by atoms with Crippen LogP contribution in [0.2, 0.25) is 0 Å². The van der Waals surface area contributed by atoms with Crippen molar-refractivity contribution in [1.82, 2.24) is 4.57 Å². The topological polar surface area (TPSA) is 72.8 Å². The maximum absolute atomic E-state index is 9.32. The van der Waals surface area contributed by atoms with Crippen LogP contribution >= 0.6 is 11.3 Å². The molecule has 0 radical (unpaired) electrons. The first-order valence-corrected chi connectivity index (χ1v) is 10.7. The fourth-order valence-electron chi connectivity index (χ4n) is 3.13. The van der Waals surface area contributed by atoms with E-state index >= 15 is 0 Å². The second kappa shape index (κ2) is 9.39. The van der Waals surface area contributed by atoms with Crippen LogP contribution in [-0.2, 0) is 24.9 Å². The van der Waals surface area contributed by atoms with Crippen molar-refractivity contribution in [3.8, 4) is 11.1 Å². The van der Waals surface area contributed by atoms with E-state index in [4.69, 9.17) is 10.6 Å². The molecule has 0 aliphatic carbocycles. The number of aromatic nitrogens is 1. The van der Waals surface area contributed by atoms with Crippen molar-refractivity contribution >= 4 is 17.0 Å². The van der Waals surface area contributed by atoms with Crippen molar-refractivity contribution in [3.05, 3.63) is 70.2 Å². The third-order valence-corrected chi connectivity index (χ3v) is 5.83. The number of aryl methyl sites for hydroxylation is 1. The minimum atomic E-state index is -0.560. The summed E-state index contributed by atoms with van der Waals surface area (Å²) in [5.41, 5.74) is 12.0. The van der Waals surface area contributed by atoms with Crippen LogP contribution in [-0.4, -0.2) is 27.5 Å². The van der Waals surface area contributed by atoms with E-state index in [2.05, 4.69) is 56.9 Å². The number of aliphatic hydroxyl groups is 1. The molecule has 6 heteroatoms. The summed E-state index contributed by atoms with van der Waals surface area (Å²) in [4.78, 5) is 5.59. The van der Waals surface area contributed by atoms with Gasteiger partial charge in [-0.3, -0.25) is 0 Å². The van der Waals surface area contributed by atoms with Gasteiger partial charge in [-0.25, -0.2) is 0 Å². The smallest absolute Gasteiger partial charge is 0.142 e. The molecule has 0 unspecified atom stereocenters. The van der Waals surface area contributed by atoms with Crippen molar-refractivity contribution in [2.24, 2.45) is 17.9 Å². The van der Waals surface area contributed by atoms with Crippen LogP contribution in [0.3, 0.4) is 0 Å². The molecule has 0 aliphatic heterocycles. The summed E-state index contributed by atoms with van der Waals surface area (Å²) >= 11 is 1.70. The molecule has 1 aromatic carbocycles. The Bertz CT molecular complexity index is 941. The third kappa shape index (κ3) is 5.56. The Morgan fingerprint density at radius 2 is 1.93 bits per heavy atom. The normalized spacial score (nSPS) is 14.0. The molecule has 0 aliphatic rings. The lowest BCUT2D eigenvalue weighted by molar-refractivity contribution is 0.130. The van der Waals surface area contributed by atoms with Gasteiger partial charge in [-0.1, -0.05) is 29.4 Å². The molecule has 0 amide bonds. The summed E-state index contributed by atoms with van der Waals surface area (Å²) in [7, 11) is 2.01. The first-order chi connectivity index (χ1) is 13.9. The van der Waals surface area contributed by atoms with Gasteiger partial charge in [0.1, 0.15) is 12.3 Å². The fourth-order valence-corrected chi connectivity index (χ4v) is 3.80. The molecular formula is C23H29N3O2S. The largest absolute Gasteiger partial charge is 0.394 e. The Kier molecular flexibility index (Phi) is 6.90. The van der Waals surface area contributed by atoms with Gasteiger partial charge in [0.2, 0.25) is 0 Å². The highest BCUT2D eigenvalue weighted by atomic mass is 32.1. The maximum atomic E-state index is 9.32. The van der Waals surface area contributed by atoms with E-state index in [1.165, 1.54) is 11.1 Å². The molecule has 3 rings (SSSR count). The second-order valence-corrected chi connectivity index (χ2v) is 8.52. The second-order valence-electron chi connectivity index (χ2n) is 7.74. The van der Waals surface area contributed by atoms with Crippen LogP contribution in [0, 0.1) is 0 Å². The van der Waals surface area contributed by atoms with Gasteiger partial charge in [-0.2, -0.15) is 11.3 Å². The SMILES string of the molecule is C/C(=N/OCc1ccc(-c2ccsc2)cc1)c1ccc(CC[C@@](C)(N)CO)n1C. The molecule has 154 valence electrons. The van der Waals surface area contributed by atoms with Gasteiger partial charge < -0.3 is 20.2 Å². The van der Waals surface area contributed by atoms with Crippen molar-refractivity contribution < 1.29 is 9.94 Å². The molecule has 3 aromatic rings. The summed E-state index contributed by atoms with van der Waals surface area (Å²) in [6.07, 6.45) is 1.52. The molecule has 5 nitrogen and oxygen atoms in total. The van der Waals surface area contributed by atoms with Gasteiger partial charge in [-0.15, -0.1) is 0 Å². The highest BCUT2D eigenvalue weighted by molar-refractivity contribution is 7.08. The predicted octanol–water partition coefficient (Wildman–Crippen LogP) is 4.34. The standard InChI is InChI=1S/C23H29N3O2S/c1-17(22-9-8-21(26(22)3)10-12-23(2,24)16-27)25-28-14-18-4-6-19(7-5-18)20-11-13-29-15-20/h4-9,11,13,15,27H,10,12,14,16,24H2,1-3H3/b25-17-/t23-/m1/s1. The van der Waals surface area contributed by atoms with Gasteiger partial charge in [0.05, 0.1) is 12.3 Å². The van der Waals surface area contributed by atoms with Crippen LogP contribution in [0.5, 0.6) is 0 Å². The summed E-state index contributed by atoms with van der Waals surface area (Å²) in [5.74, 6) is 0. The van der Waals surface area contributed by atoms with E-state index in [0.29, 0.717) is 6.61 Å². The molecule has 0 fully saturated rings. The van der Waals surface area contributed by atoms with Crippen molar-refractivity contribution in [2.45, 2.75) is 38.8 Å². The lowest BCUT2D eigenvalue weighted by Gasteiger charge is -2.21. The minimum absolute atomic E-state index is 0.0210. The van der Waals surface area contributed by atoms with Crippen molar-refractivity contribution in [2.75, 3.05) is 6.61 Å². The zero-order valence-corrected chi connectivity index (χ0v) is 18.1. The molecule has 29 heavy (non-hydrogen) atoms. The predicted molar refractivity (Wildman–Crippen MR) is 120 cm³/mol. The molecule has 3 N–H and O–H groups in total. The number of benzene rings is 1. The first-order valence-electron chi connectivity index (χ1n) is 9.72. The third-order valence-electron chi connectivity index (χ3n) is 5.15. The number of rotatable bonds is 9. The minimum Gasteiger partial charge on any atom is -0.394 e. The van der Waals surface area contributed by atoms with Gasteiger partial charge in [-0.05, 0) is 72.3 Å². The van der Waals surface area contributed by atoms with Crippen LogP contribution in [0.25, 0.3) is 11.1 Å². The average molecular weight is 412 g/mol. The zero-order valence-electron chi connectivity index (χ0n) is 17.3. The van der Waals surface area contributed by atoms with Crippen LogP contribution in [0.15, 0.2) is 58.4 Å². The number of aliphatic hydroxyl groups excluding tert-OH is 1. The Balaban J connectivity index is 1.57. The molecule has 0 saturated carbocycles. The first kappa shape index (κ1) is 21.3. The van der Waals surface area contributed by atoms with E-state index in [9.17, 15) is 5.11 Å². The average Bonchev–Trinajstić information content (AvgIpc) is 3.37. The number of nitrogens with two attached hydrogens (primary N) is 1. The van der Waals surface area contributed by atoms with E-state index in [1.807, 2.05) is 27.0 Å². The number of nitrogens with zero attached hydrogens (tertiary/aromatic N) is 2. The highest BCUT2D eigenvalue weighted by Crippen LogP contribution is 2.22. The van der Waals surface area contributed by atoms with Gasteiger partial charge in [0.25, 0.3) is 0 Å². The summed E-state index contributed by atoms with van der Waals surface area (Å²) in [5, 5.41) is 17.8. The number of oxime groups is 1. The van der Waals surface area contributed by atoms with Gasteiger partial charge >= 0.3 is 0 Å². The molecular weight excluding hydrogens is 382 g/mol. The lowest BCUT2D eigenvalue weighted by Crippen LogP contribution is -2.40. The van der Waals surface area contributed by atoms with Gasteiger partial charge in [0, 0.05) is 18.3 Å². The molecule has 2 heterocycles. The van der Waals surface area contributed by atoms with Crippen LogP contribution in [0.1, 0.15) is 37.2 Å². The van der Waals surface area contributed by atoms with Crippen molar-refractivity contribution in [1.29, 1.82) is 0 Å². The monoisotopic (exact) mass is 411 g/mol. The van der Waals surface area contributed by atoms with Crippen LogP contribution < -0.4 is 5.73 Å². The van der Waals surface area contributed by atoms with E-state index in [-0.39, 0.29) is 6.61 Å². The zero-order chi connectivity index (χ0) is 20.9. The number of hydrogen-bond donors (Lipinski definition) is 2. The summed E-state index contributed by atoms with van der Waals surface area (Å²) < 4.78 is 2.10. The Labute approximate surface area is 176 Å². The number of hydrogen-bond acceptors (Lipinski definition) is 5. The molecule has 0 bridgehead atoms. The van der Waals surface area contributed by atoms with Gasteiger partial charge in [0.15, 0.2) is 0 Å². The molecule has 0 saturated heterocycles. The Hall–Kier alpha value is -2.41. The summed E-state index contributed by atoms with van der Waals surface area (Å²) in [6, 6.07) is 14.6. The molecule has 2 aromatic heterocycles. The Morgan fingerprint density at radius 1 is 1.17 bits per heavy atom. The van der Waals surface area contributed by atoms with Crippen LogP contribution in [0.4, 0.5) is 0 Å². The van der Waals surface area contributed by atoms with E-state index in [1.54, 1.807) is 11.3 Å². The quantitative estimate of drug-likeness (QED) is 0.406. The molecule has 1 atom stereocenters. The fraction of sp³-hybridized carbons (Fsp3) is 0.348. The maximum Gasteiger partial charge on any atom is 0.142 e. The highest BCUT2D eigenvalue weighted by Gasteiger charge is 2.18. The lowest BCUT2D eigenvalue weighted by atomic mass is 9.97. The van der Waals surface area contributed by atoms with E-state index < -0.39 is 5.54 Å². The summed E-state index contributed by atoms with van der Waals surface area (Å²) in [6.45, 7) is 4.22. The van der Waals surface area contributed by atoms with E-state index in [0.717, 1.165) is 35.5 Å². The Morgan fingerprint density at radius 3 is 2.59 bits per heavy atom. The molecule has 0 spiro atoms.